The van der Waals surface area contributed by atoms with Crippen LogP contribution in [0.4, 0.5) is 4.39 Å². The molecule has 0 aliphatic carbocycles. The number of rotatable bonds is 3. The molecule has 98 valence electrons. The van der Waals surface area contributed by atoms with Gasteiger partial charge in [0.05, 0.1) is 0 Å². The first-order chi connectivity index (χ1) is 8.99. The van der Waals surface area contributed by atoms with Crippen molar-refractivity contribution in [2.24, 2.45) is 0 Å². The van der Waals surface area contributed by atoms with E-state index in [0.717, 1.165) is 3.57 Å². The number of Topliss-reactive ketones (excluding diaryl/α,β-unsaturated/α-hetero) is 1. The van der Waals surface area contributed by atoms with Crippen molar-refractivity contribution in [1.82, 2.24) is 0 Å². The van der Waals surface area contributed by atoms with Crippen molar-refractivity contribution in [1.29, 1.82) is 0 Å². The minimum absolute atomic E-state index is 0.0514. The maximum Gasteiger partial charge on any atom is 0.168 e. The molecular formula is C14H8BrClFIO. The van der Waals surface area contributed by atoms with Crippen LogP contribution in [0.25, 0.3) is 0 Å². The second-order valence-corrected chi connectivity index (χ2v) is 6.43. The molecule has 0 spiro atoms. The number of benzene rings is 2. The van der Waals surface area contributed by atoms with E-state index in [1.165, 1.54) is 12.1 Å². The van der Waals surface area contributed by atoms with E-state index in [1.54, 1.807) is 18.2 Å². The quantitative estimate of drug-likeness (QED) is 0.457. The van der Waals surface area contributed by atoms with E-state index in [9.17, 15) is 9.18 Å². The summed E-state index contributed by atoms with van der Waals surface area (Å²) < 4.78 is 15.3. The average Bonchev–Trinajstić information content (AvgIpc) is 2.37. The third kappa shape index (κ3) is 3.55. The molecule has 0 aliphatic rings. The van der Waals surface area contributed by atoms with Gasteiger partial charge in [0.2, 0.25) is 0 Å². The van der Waals surface area contributed by atoms with Crippen molar-refractivity contribution in [2.45, 2.75) is 6.42 Å². The van der Waals surface area contributed by atoms with Gasteiger partial charge in [-0.15, -0.1) is 0 Å². The zero-order chi connectivity index (χ0) is 14.0. The lowest BCUT2D eigenvalue weighted by Gasteiger charge is -2.07. The Kier molecular flexibility index (Phi) is 4.97. The summed E-state index contributed by atoms with van der Waals surface area (Å²) in [6.45, 7) is 0. The zero-order valence-corrected chi connectivity index (χ0v) is 14.1. The largest absolute Gasteiger partial charge is 0.294 e. The third-order valence-corrected chi connectivity index (χ3v) is 4.34. The van der Waals surface area contributed by atoms with Gasteiger partial charge in [-0.3, -0.25) is 4.79 Å². The van der Waals surface area contributed by atoms with Crippen LogP contribution in [-0.4, -0.2) is 5.78 Å². The van der Waals surface area contributed by atoms with E-state index in [1.807, 2.05) is 6.07 Å². The summed E-state index contributed by atoms with van der Waals surface area (Å²) in [7, 11) is 0. The van der Waals surface area contributed by atoms with Gasteiger partial charge in [0.1, 0.15) is 5.82 Å². The van der Waals surface area contributed by atoms with Crippen LogP contribution >= 0.6 is 50.1 Å². The van der Waals surface area contributed by atoms with E-state index < -0.39 is 5.82 Å². The molecule has 2 aromatic rings. The zero-order valence-electron chi connectivity index (χ0n) is 9.59. The van der Waals surface area contributed by atoms with Gasteiger partial charge in [-0.25, -0.2) is 4.39 Å². The first kappa shape index (κ1) is 14.9. The van der Waals surface area contributed by atoms with Crippen LogP contribution in [-0.2, 0) is 6.42 Å². The van der Waals surface area contributed by atoms with Crippen molar-refractivity contribution in [3.63, 3.8) is 0 Å². The Balaban J connectivity index is 2.34. The molecule has 0 radical (unpaired) electrons. The Hall–Kier alpha value is -0.460. The molecule has 0 N–H and O–H groups in total. The summed E-state index contributed by atoms with van der Waals surface area (Å²) in [6, 6.07) is 9.86. The first-order valence-corrected chi connectivity index (χ1v) is 7.65. The number of ketones is 1. The molecule has 1 nitrogen and oxygen atoms in total. The highest BCUT2D eigenvalue weighted by atomic mass is 127. The summed E-state index contributed by atoms with van der Waals surface area (Å²) in [6.07, 6.45) is -0.0514. The van der Waals surface area contributed by atoms with Gasteiger partial charge in [-0.1, -0.05) is 33.6 Å². The third-order valence-electron chi connectivity index (χ3n) is 2.63. The summed E-state index contributed by atoms with van der Waals surface area (Å²) >= 11 is 11.4. The van der Waals surface area contributed by atoms with Crippen LogP contribution in [0.15, 0.2) is 40.9 Å². The average molecular weight is 453 g/mol. The van der Waals surface area contributed by atoms with Crippen molar-refractivity contribution in [2.75, 3.05) is 0 Å². The fourth-order valence-electron chi connectivity index (χ4n) is 1.67. The second-order valence-electron chi connectivity index (χ2n) is 3.92. The molecule has 2 rings (SSSR count). The summed E-state index contributed by atoms with van der Waals surface area (Å²) in [5, 5.41) is 0.273. The lowest BCUT2D eigenvalue weighted by molar-refractivity contribution is 0.0991. The van der Waals surface area contributed by atoms with Gasteiger partial charge in [-0.05, 0) is 52.9 Å². The van der Waals surface area contributed by atoms with Crippen molar-refractivity contribution in [3.05, 3.63) is 66.4 Å². The van der Waals surface area contributed by atoms with E-state index in [-0.39, 0.29) is 22.8 Å². The molecule has 0 bridgehead atoms. The SMILES string of the molecule is O=C(Cc1c(F)cccc1Cl)c1cc(I)ccc1Br. The summed E-state index contributed by atoms with van der Waals surface area (Å²) in [5.74, 6) is -0.625. The van der Waals surface area contributed by atoms with Gasteiger partial charge in [-0.2, -0.15) is 0 Å². The van der Waals surface area contributed by atoms with Gasteiger partial charge in [0.25, 0.3) is 0 Å². The topological polar surface area (TPSA) is 17.1 Å². The molecule has 0 aromatic heterocycles. The first-order valence-electron chi connectivity index (χ1n) is 5.40. The Morgan fingerprint density at radius 1 is 1.32 bits per heavy atom. The molecule has 0 heterocycles. The monoisotopic (exact) mass is 452 g/mol. The predicted molar refractivity (Wildman–Crippen MR) is 86.3 cm³/mol. The Morgan fingerprint density at radius 3 is 2.74 bits per heavy atom. The van der Waals surface area contributed by atoms with Gasteiger partial charge >= 0.3 is 0 Å². The molecule has 0 saturated heterocycles. The molecule has 0 aliphatic heterocycles. The maximum atomic E-state index is 13.7. The summed E-state index contributed by atoms with van der Waals surface area (Å²) in [4.78, 5) is 12.2. The van der Waals surface area contributed by atoms with E-state index >= 15 is 0 Å². The summed E-state index contributed by atoms with van der Waals surface area (Å²) in [5.41, 5.74) is 0.770. The standard InChI is InChI=1S/C14H8BrClFIO/c15-11-5-4-8(18)6-9(11)14(19)7-10-12(16)2-1-3-13(10)17/h1-6H,7H2. The maximum absolute atomic E-state index is 13.7. The van der Waals surface area contributed by atoms with Crippen molar-refractivity contribution in [3.8, 4) is 0 Å². The smallest absolute Gasteiger partial charge is 0.168 e. The normalized spacial score (nSPS) is 10.5. The van der Waals surface area contributed by atoms with Crippen LogP contribution in [0.3, 0.4) is 0 Å². The highest BCUT2D eigenvalue weighted by Gasteiger charge is 2.15. The molecule has 0 unspecified atom stereocenters. The fourth-order valence-corrected chi connectivity index (χ4v) is 2.86. The van der Waals surface area contributed by atoms with Crippen LogP contribution < -0.4 is 0 Å². The Labute approximate surface area is 137 Å². The Bertz CT molecular complexity index is 625. The van der Waals surface area contributed by atoms with Crippen molar-refractivity contribution < 1.29 is 9.18 Å². The van der Waals surface area contributed by atoms with Crippen LogP contribution in [0, 0.1) is 9.39 Å². The lowest BCUT2D eigenvalue weighted by Crippen LogP contribution is -2.07. The molecule has 2 aromatic carbocycles. The minimum atomic E-state index is -0.456. The highest BCUT2D eigenvalue weighted by molar-refractivity contribution is 14.1. The van der Waals surface area contributed by atoms with E-state index in [0.29, 0.717) is 10.0 Å². The number of carbonyl (C=O) groups is 1. The molecule has 0 atom stereocenters. The molecule has 0 fully saturated rings. The number of carbonyl (C=O) groups excluding carboxylic acids is 1. The highest BCUT2D eigenvalue weighted by Crippen LogP contribution is 2.24. The number of hydrogen-bond donors (Lipinski definition) is 0. The molecule has 19 heavy (non-hydrogen) atoms. The van der Waals surface area contributed by atoms with Gasteiger partial charge < -0.3 is 0 Å². The van der Waals surface area contributed by atoms with Crippen LogP contribution in [0.2, 0.25) is 5.02 Å². The van der Waals surface area contributed by atoms with Crippen LogP contribution in [0.5, 0.6) is 0 Å². The van der Waals surface area contributed by atoms with E-state index in [2.05, 4.69) is 38.5 Å². The molecular weight excluding hydrogens is 445 g/mol. The lowest BCUT2D eigenvalue weighted by atomic mass is 10.0. The second kappa shape index (κ2) is 6.33. The van der Waals surface area contributed by atoms with Gasteiger partial charge in [0, 0.05) is 30.6 Å². The Morgan fingerprint density at radius 2 is 2.05 bits per heavy atom. The molecule has 5 heteroatoms. The fraction of sp³-hybridized carbons (Fsp3) is 0.0714. The molecule has 0 saturated carbocycles. The van der Waals surface area contributed by atoms with Crippen molar-refractivity contribution >= 4 is 55.9 Å². The van der Waals surface area contributed by atoms with Crippen LogP contribution in [0.1, 0.15) is 15.9 Å². The number of halogens is 4. The predicted octanol–water partition coefficient (Wildman–Crippen LogP) is 5.27. The molecule has 0 amide bonds. The minimum Gasteiger partial charge on any atom is -0.294 e. The van der Waals surface area contributed by atoms with Gasteiger partial charge in [0.15, 0.2) is 5.78 Å². The number of hydrogen-bond acceptors (Lipinski definition) is 1. The van der Waals surface area contributed by atoms with E-state index in [4.69, 9.17) is 11.6 Å².